The molecule has 0 spiro atoms. The van der Waals surface area contributed by atoms with Gasteiger partial charge in [0.25, 0.3) is 0 Å². The molecule has 2 aliphatic rings. The molecule has 1 atom stereocenters. The summed E-state index contributed by atoms with van der Waals surface area (Å²) in [5.74, 6) is 0.821. The van der Waals surface area contributed by atoms with E-state index >= 15 is 0 Å². The number of sulfone groups is 1. The van der Waals surface area contributed by atoms with Gasteiger partial charge in [-0.25, -0.2) is 8.42 Å². The van der Waals surface area contributed by atoms with E-state index in [9.17, 15) is 13.2 Å². The number of rotatable bonds is 4. The Hall–Kier alpha value is -2.06. The average Bonchev–Trinajstić information content (AvgIpc) is 3.07. The molecule has 8 heteroatoms. The number of carbonyl (C=O) groups excluding carboxylic acids is 1. The molecule has 2 aromatic heterocycles. The summed E-state index contributed by atoms with van der Waals surface area (Å²) < 4.78 is 23.3. The minimum absolute atomic E-state index is 0.0409. The van der Waals surface area contributed by atoms with Crippen molar-refractivity contribution < 1.29 is 13.2 Å². The van der Waals surface area contributed by atoms with Gasteiger partial charge in [-0.2, -0.15) is 0 Å². The number of likely N-dealkylation sites (tertiary alicyclic amines) is 1. The van der Waals surface area contributed by atoms with E-state index in [1.807, 2.05) is 35.2 Å². The van der Waals surface area contributed by atoms with Crippen molar-refractivity contribution in [3.8, 4) is 0 Å². The zero-order valence-corrected chi connectivity index (χ0v) is 16.9. The highest BCUT2D eigenvalue weighted by Crippen LogP contribution is 2.28. The molecule has 0 aliphatic carbocycles. The predicted molar refractivity (Wildman–Crippen MR) is 108 cm³/mol. The number of likely N-dealkylation sites (N-methyl/N-ethyl adjacent to an activating group) is 1. The van der Waals surface area contributed by atoms with Gasteiger partial charge < -0.3 is 4.90 Å². The molecule has 7 nitrogen and oxygen atoms in total. The van der Waals surface area contributed by atoms with Gasteiger partial charge in [-0.15, -0.1) is 0 Å². The lowest BCUT2D eigenvalue weighted by Crippen LogP contribution is -2.45. The van der Waals surface area contributed by atoms with Crippen LogP contribution in [0.15, 0.2) is 30.6 Å². The smallest absolute Gasteiger partial charge is 0.236 e. The van der Waals surface area contributed by atoms with E-state index in [0.717, 1.165) is 29.4 Å². The number of fused-ring (bicyclic) bond motifs is 1. The van der Waals surface area contributed by atoms with Crippen molar-refractivity contribution in [3.63, 3.8) is 0 Å². The molecule has 0 saturated carbocycles. The molecular weight excluding hydrogens is 376 g/mol. The number of hydrogen-bond acceptors (Lipinski definition) is 6. The summed E-state index contributed by atoms with van der Waals surface area (Å²) in [6.07, 6.45) is 6.06. The fraction of sp³-hybridized carbons (Fsp3) is 0.550. The van der Waals surface area contributed by atoms with Gasteiger partial charge in [0.2, 0.25) is 5.91 Å². The second-order valence-electron chi connectivity index (χ2n) is 7.93. The summed E-state index contributed by atoms with van der Waals surface area (Å²) >= 11 is 0. The third-order valence-electron chi connectivity index (χ3n) is 5.99. The molecule has 1 amide bonds. The standard InChI is InChI=1S/C20H26N4O3S/c1-23(17-6-10-28(26,27)14-17)13-20(25)24-8-4-15(5-9-24)18-11-19-16(12-22-18)3-2-7-21-19/h2-3,7,11-12,15,17H,4-6,8-10,13-14H2,1H3. The molecule has 150 valence electrons. The van der Waals surface area contributed by atoms with Crippen molar-refractivity contribution >= 4 is 26.6 Å². The van der Waals surface area contributed by atoms with Crippen LogP contribution in [-0.2, 0) is 14.6 Å². The van der Waals surface area contributed by atoms with E-state index in [2.05, 4.69) is 16.0 Å². The van der Waals surface area contributed by atoms with E-state index in [1.54, 1.807) is 6.20 Å². The highest BCUT2D eigenvalue weighted by molar-refractivity contribution is 7.91. The van der Waals surface area contributed by atoms with Crippen LogP contribution in [-0.4, -0.2) is 78.3 Å². The van der Waals surface area contributed by atoms with Crippen molar-refractivity contribution in [2.45, 2.75) is 31.2 Å². The minimum atomic E-state index is -2.93. The normalized spacial score (nSPS) is 22.8. The van der Waals surface area contributed by atoms with Crippen LogP contribution in [0.5, 0.6) is 0 Å². The van der Waals surface area contributed by atoms with Gasteiger partial charge in [-0.1, -0.05) is 0 Å². The molecule has 28 heavy (non-hydrogen) atoms. The molecule has 0 aromatic carbocycles. The van der Waals surface area contributed by atoms with Gasteiger partial charge >= 0.3 is 0 Å². The first kappa shape index (κ1) is 19.3. The van der Waals surface area contributed by atoms with Crippen LogP contribution in [0.1, 0.15) is 30.9 Å². The maximum atomic E-state index is 12.7. The van der Waals surface area contributed by atoms with Gasteiger partial charge in [0.15, 0.2) is 9.84 Å². The second-order valence-corrected chi connectivity index (χ2v) is 10.2. The molecule has 0 radical (unpaired) electrons. The first-order valence-electron chi connectivity index (χ1n) is 9.80. The Morgan fingerprint density at radius 2 is 2.04 bits per heavy atom. The van der Waals surface area contributed by atoms with Gasteiger partial charge in [0.05, 0.1) is 23.6 Å². The zero-order valence-electron chi connectivity index (χ0n) is 16.1. The zero-order chi connectivity index (χ0) is 19.7. The Morgan fingerprint density at radius 1 is 1.25 bits per heavy atom. The lowest BCUT2D eigenvalue weighted by molar-refractivity contribution is -0.133. The summed E-state index contributed by atoms with van der Waals surface area (Å²) in [5.41, 5.74) is 2.01. The van der Waals surface area contributed by atoms with Crippen LogP contribution in [0, 0.1) is 0 Å². The summed E-state index contributed by atoms with van der Waals surface area (Å²) in [5, 5.41) is 1.04. The van der Waals surface area contributed by atoms with E-state index in [0.29, 0.717) is 25.4 Å². The van der Waals surface area contributed by atoms with Crippen LogP contribution in [0.2, 0.25) is 0 Å². The Kier molecular flexibility index (Phi) is 5.33. The minimum Gasteiger partial charge on any atom is -0.342 e. The van der Waals surface area contributed by atoms with Gasteiger partial charge in [-0.3, -0.25) is 19.7 Å². The molecule has 2 aromatic rings. The first-order valence-corrected chi connectivity index (χ1v) is 11.6. The molecule has 1 unspecified atom stereocenters. The Balaban J connectivity index is 1.32. The molecule has 2 fully saturated rings. The van der Waals surface area contributed by atoms with Crippen molar-refractivity contribution in [1.82, 2.24) is 19.8 Å². The lowest BCUT2D eigenvalue weighted by Gasteiger charge is -2.33. The number of hydrogen-bond donors (Lipinski definition) is 0. The largest absolute Gasteiger partial charge is 0.342 e. The van der Waals surface area contributed by atoms with Crippen LogP contribution >= 0.6 is 0 Å². The van der Waals surface area contributed by atoms with Crippen molar-refractivity contribution in [3.05, 3.63) is 36.3 Å². The number of carbonyl (C=O) groups is 1. The fourth-order valence-electron chi connectivity index (χ4n) is 4.19. The highest BCUT2D eigenvalue weighted by Gasteiger charge is 2.32. The molecule has 0 bridgehead atoms. The van der Waals surface area contributed by atoms with Crippen LogP contribution in [0.3, 0.4) is 0 Å². The maximum absolute atomic E-state index is 12.7. The number of aromatic nitrogens is 2. The third-order valence-corrected chi connectivity index (χ3v) is 7.74. The predicted octanol–water partition coefficient (Wildman–Crippen LogP) is 1.45. The quantitative estimate of drug-likeness (QED) is 0.770. The monoisotopic (exact) mass is 402 g/mol. The van der Waals surface area contributed by atoms with Crippen molar-refractivity contribution in [1.29, 1.82) is 0 Å². The molecule has 2 saturated heterocycles. The third kappa shape index (κ3) is 4.17. The van der Waals surface area contributed by atoms with Crippen molar-refractivity contribution in [2.24, 2.45) is 0 Å². The maximum Gasteiger partial charge on any atom is 0.236 e. The topological polar surface area (TPSA) is 83.5 Å². The molecule has 4 rings (SSSR count). The number of amides is 1. The van der Waals surface area contributed by atoms with Gasteiger partial charge in [0, 0.05) is 48.5 Å². The molecule has 4 heterocycles. The number of pyridine rings is 2. The average molecular weight is 403 g/mol. The van der Waals surface area contributed by atoms with Crippen LogP contribution in [0.25, 0.3) is 10.9 Å². The fourth-order valence-corrected chi connectivity index (χ4v) is 6.00. The van der Waals surface area contributed by atoms with Gasteiger partial charge in [0.1, 0.15) is 0 Å². The Morgan fingerprint density at radius 3 is 2.75 bits per heavy atom. The van der Waals surface area contributed by atoms with Crippen molar-refractivity contribution in [2.75, 3.05) is 38.2 Å². The summed E-state index contributed by atoms with van der Waals surface area (Å²) in [6, 6.07) is 5.94. The lowest BCUT2D eigenvalue weighted by atomic mass is 9.92. The molecular formula is C20H26N4O3S. The molecule has 2 aliphatic heterocycles. The highest BCUT2D eigenvalue weighted by atomic mass is 32.2. The Labute approximate surface area is 165 Å². The second kappa shape index (κ2) is 7.75. The summed E-state index contributed by atoms with van der Waals surface area (Å²) in [7, 11) is -1.08. The summed E-state index contributed by atoms with van der Waals surface area (Å²) in [4.78, 5) is 25.5. The number of piperidine rings is 1. The van der Waals surface area contributed by atoms with E-state index in [1.165, 1.54) is 0 Å². The Bertz CT molecular complexity index is 970. The van der Waals surface area contributed by atoms with E-state index < -0.39 is 9.84 Å². The van der Waals surface area contributed by atoms with E-state index in [4.69, 9.17) is 0 Å². The summed E-state index contributed by atoms with van der Waals surface area (Å²) in [6.45, 7) is 1.70. The van der Waals surface area contributed by atoms with Gasteiger partial charge in [-0.05, 0) is 44.5 Å². The van der Waals surface area contributed by atoms with E-state index in [-0.39, 0.29) is 30.0 Å². The first-order chi connectivity index (χ1) is 13.4. The number of nitrogens with zero attached hydrogens (tertiary/aromatic N) is 4. The van der Waals surface area contributed by atoms with Crippen LogP contribution < -0.4 is 0 Å². The SMILES string of the molecule is CN(CC(=O)N1CCC(c2cc3ncccc3cn2)CC1)C1CCS(=O)(=O)C1. The molecule has 0 N–H and O–H groups in total. The van der Waals surface area contributed by atoms with Crippen LogP contribution in [0.4, 0.5) is 0 Å².